The number of hydrogen-bond donors (Lipinski definition) is 0. The van der Waals surface area contributed by atoms with Gasteiger partial charge >= 0.3 is 0 Å². The maximum atomic E-state index is 5.67. The number of likely N-dealkylation sites (N-methyl/N-ethyl adjacent to an activating group) is 1. The molecule has 1 atom stereocenters. The zero-order chi connectivity index (χ0) is 12.1. The molecule has 0 N–H and O–H groups in total. The monoisotopic (exact) mass is 298 g/mol. The summed E-state index contributed by atoms with van der Waals surface area (Å²) in [6, 6.07) is 4.21. The minimum absolute atomic E-state index is 0.382. The number of halogens is 1. The summed E-state index contributed by atoms with van der Waals surface area (Å²) in [6.07, 6.45) is 4.68. The first-order valence-corrected chi connectivity index (χ1v) is 7.33. The van der Waals surface area contributed by atoms with Gasteiger partial charge < -0.3 is 9.64 Å². The smallest absolute Gasteiger partial charge is 0.128 e. The average Bonchev–Trinajstić information content (AvgIpc) is 2.89. The predicted molar refractivity (Wildman–Crippen MR) is 73.7 cm³/mol. The number of rotatable bonds is 5. The molecule has 0 amide bonds. The van der Waals surface area contributed by atoms with Crippen LogP contribution >= 0.6 is 15.9 Å². The van der Waals surface area contributed by atoms with Crippen LogP contribution in [0.3, 0.4) is 0 Å². The molecule has 1 fully saturated rings. The fraction of sp³-hybridized carbons (Fsp3) is 0.615. The zero-order valence-corrected chi connectivity index (χ0v) is 11.8. The summed E-state index contributed by atoms with van der Waals surface area (Å²) in [5.74, 6) is 1.05. The summed E-state index contributed by atoms with van der Waals surface area (Å²) in [5.41, 5.74) is 1.21. The van der Waals surface area contributed by atoms with Crippen molar-refractivity contribution in [1.29, 1.82) is 0 Å². The summed E-state index contributed by atoms with van der Waals surface area (Å²) >= 11 is 3.43. The van der Waals surface area contributed by atoms with Gasteiger partial charge in [0.15, 0.2) is 0 Å². The van der Waals surface area contributed by atoms with Gasteiger partial charge in [-0.3, -0.25) is 0 Å². The van der Waals surface area contributed by atoms with E-state index in [4.69, 9.17) is 4.74 Å². The van der Waals surface area contributed by atoms with Crippen LogP contribution in [0.2, 0.25) is 0 Å². The van der Waals surface area contributed by atoms with Crippen LogP contribution in [0.25, 0.3) is 0 Å². The highest BCUT2D eigenvalue weighted by Crippen LogP contribution is 2.18. The van der Waals surface area contributed by atoms with Gasteiger partial charge in [-0.1, -0.05) is 22.0 Å². The highest BCUT2D eigenvalue weighted by atomic mass is 79.9. The summed E-state index contributed by atoms with van der Waals surface area (Å²) in [6.45, 7) is 5.00. The topological polar surface area (TPSA) is 25.4 Å². The Labute approximate surface area is 111 Å². The maximum absolute atomic E-state index is 5.67. The highest BCUT2D eigenvalue weighted by molar-refractivity contribution is 9.08. The summed E-state index contributed by atoms with van der Waals surface area (Å²) < 4.78 is 5.67. The molecule has 0 spiro atoms. The van der Waals surface area contributed by atoms with Crippen LogP contribution in [-0.4, -0.2) is 30.8 Å². The van der Waals surface area contributed by atoms with Crippen molar-refractivity contribution in [3.05, 3.63) is 23.9 Å². The van der Waals surface area contributed by atoms with E-state index in [-0.39, 0.29) is 0 Å². The first kappa shape index (κ1) is 12.8. The van der Waals surface area contributed by atoms with Crippen molar-refractivity contribution in [2.75, 3.05) is 24.6 Å². The average molecular weight is 299 g/mol. The summed E-state index contributed by atoms with van der Waals surface area (Å²) in [7, 11) is 0. The molecule has 0 bridgehead atoms. The first-order valence-electron chi connectivity index (χ1n) is 6.21. The molecule has 2 heterocycles. The number of nitrogens with zero attached hydrogens (tertiary/aromatic N) is 2. The molecule has 1 aromatic heterocycles. The van der Waals surface area contributed by atoms with Crippen molar-refractivity contribution in [3.8, 4) is 0 Å². The first-order chi connectivity index (χ1) is 8.33. The van der Waals surface area contributed by atoms with Crippen molar-refractivity contribution in [3.63, 3.8) is 0 Å². The van der Waals surface area contributed by atoms with Crippen molar-refractivity contribution in [2.45, 2.75) is 31.2 Å². The Morgan fingerprint density at radius 1 is 1.53 bits per heavy atom. The molecule has 94 valence electrons. The Morgan fingerprint density at radius 3 is 2.94 bits per heavy atom. The number of hydrogen-bond acceptors (Lipinski definition) is 3. The van der Waals surface area contributed by atoms with E-state index in [1.54, 1.807) is 0 Å². The number of alkyl halides is 1. The van der Waals surface area contributed by atoms with E-state index in [1.165, 1.54) is 18.4 Å². The number of aromatic nitrogens is 1. The van der Waals surface area contributed by atoms with Crippen molar-refractivity contribution in [1.82, 2.24) is 4.98 Å². The molecule has 0 radical (unpaired) electrons. The van der Waals surface area contributed by atoms with E-state index in [9.17, 15) is 0 Å². The third-order valence-electron chi connectivity index (χ3n) is 3.12. The Bertz CT molecular complexity index is 336. The Hall–Kier alpha value is -0.610. The van der Waals surface area contributed by atoms with Crippen LogP contribution in [0.5, 0.6) is 0 Å². The maximum Gasteiger partial charge on any atom is 0.128 e. The molecule has 1 aliphatic heterocycles. The van der Waals surface area contributed by atoms with Gasteiger partial charge in [-0.25, -0.2) is 4.98 Å². The minimum atomic E-state index is 0.382. The molecule has 1 aromatic rings. The van der Waals surface area contributed by atoms with Gasteiger partial charge in [-0.15, -0.1) is 0 Å². The van der Waals surface area contributed by atoms with Crippen LogP contribution in [0, 0.1) is 0 Å². The number of ether oxygens (including phenoxy) is 1. The van der Waals surface area contributed by atoms with Crippen molar-refractivity contribution < 1.29 is 4.74 Å². The summed E-state index contributed by atoms with van der Waals surface area (Å²) in [5, 5.41) is 0.859. The molecule has 1 unspecified atom stereocenters. The van der Waals surface area contributed by atoms with Crippen LogP contribution in [0.15, 0.2) is 18.3 Å². The molecular formula is C13H19BrN2O. The molecule has 17 heavy (non-hydrogen) atoms. The van der Waals surface area contributed by atoms with Gasteiger partial charge in [0.05, 0.1) is 6.10 Å². The molecule has 0 aliphatic carbocycles. The van der Waals surface area contributed by atoms with E-state index >= 15 is 0 Å². The minimum Gasteiger partial charge on any atom is -0.376 e. The van der Waals surface area contributed by atoms with E-state index < -0.39 is 0 Å². The quantitative estimate of drug-likeness (QED) is 0.782. The lowest BCUT2D eigenvalue weighted by Crippen LogP contribution is -2.32. The van der Waals surface area contributed by atoms with E-state index in [0.29, 0.717) is 6.10 Å². The van der Waals surface area contributed by atoms with Gasteiger partial charge in [0.1, 0.15) is 5.82 Å². The molecule has 0 saturated carbocycles. The normalized spacial score (nSPS) is 19.5. The molecule has 1 saturated heterocycles. The molecule has 4 heteroatoms. The van der Waals surface area contributed by atoms with E-state index in [2.05, 4.69) is 44.9 Å². The fourth-order valence-corrected chi connectivity index (χ4v) is 2.43. The van der Waals surface area contributed by atoms with Gasteiger partial charge in [0.2, 0.25) is 0 Å². The third-order valence-corrected chi connectivity index (χ3v) is 3.76. The Morgan fingerprint density at radius 2 is 2.41 bits per heavy atom. The molecule has 2 rings (SSSR count). The van der Waals surface area contributed by atoms with Crippen molar-refractivity contribution in [2.24, 2.45) is 0 Å². The predicted octanol–water partition coefficient (Wildman–Crippen LogP) is 2.98. The van der Waals surface area contributed by atoms with Gasteiger partial charge in [-0.2, -0.15) is 0 Å². The Kier molecular flexibility index (Phi) is 4.80. The standard InChI is InChI=1S/C13H19BrN2O/c1-2-16(10-12-4-3-7-17-12)13-6-5-11(8-14)9-15-13/h5-6,9,12H,2-4,7-8,10H2,1H3. The summed E-state index contributed by atoms with van der Waals surface area (Å²) in [4.78, 5) is 6.79. The zero-order valence-electron chi connectivity index (χ0n) is 10.2. The SMILES string of the molecule is CCN(CC1CCCO1)c1ccc(CBr)cn1. The highest BCUT2D eigenvalue weighted by Gasteiger charge is 2.19. The van der Waals surface area contributed by atoms with Crippen LogP contribution in [0.4, 0.5) is 5.82 Å². The second-order valence-electron chi connectivity index (χ2n) is 4.33. The molecule has 0 aromatic carbocycles. The van der Waals surface area contributed by atoms with Gasteiger partial charge in [0, 0.05) is 31.2 Å². The number of pyridine rings is 1. The lowest BCUT2D eigenvalue weighted by atomic mass is 10.2. The van der Waals surface area contributed by atoms with Crippen LogP contribution in [0.1, 0.15) is 25.3 Å². The fourth-order valence-electron chi connectivity index (χ4n) is 2.10. The second kappa shape index (κ2) is 6.36. The van der Waals surface area contributed by atoms with Crippen LogP contribution < -0.4 is 4.90 Å². The molecule has 3 nitrogen and oxygen atoms in total. The van der Waals surface area contributed by atoms with Crippen LogP contribution in [-0.2, 0) is 10.1 Å². The lowest BCUT2D eigenvalue weighted by Gasteiger charge is -2.25. The van der Waals surface area contributed by atoms with Gasteiger partial charge in [0.25, 0.3) is 0 Å². The molecular weight excluding hydrogens is 280 g/mol. The third kappa shape index (κ3) is 3.42. The second-order valence-corrected chi connectivity index (χ2v) is 4.89. The van der Waals surface area contributed by atoms with E-state index in [1.807, 2.05) is 6.20 Å². The Balaban J connectivity index is 2.00. The largest absolute Gasteiger partial charge is 0.376 e. The van der Waals surface area contributed by atoms with Gasteiger partial charge in [-0.05, 0) is 31.4 Å². The lowest BCUT2D eigenvalue weighted by molar-refractivity contribution is 0.115. The van der Waals surface area contributed by atoms with Crippen molar-refractivity contribution >= 4 is 21.7 Å². The van der Waals surface area contributed by atoms with E-state index in [0.717, 1.165) is 30.8 Å². The number of anilines is 1. The molecule has 1 aliphatic rings.